The van der Waals surface area contributed by atoms with Crippen LogP contribution in [-0.4, -0.2) is 37.4 Å². The van der Waals surface area contributed by atoms with Crippen LogP contribution < -0.4 is 4.90 Å². The van der Waals surface area contributed by atoms with Crippen LogP contribution in [0, 0.1) is 0 Å². The van der Waals surface area contributed by atoms with E-state index in [2.05, 4.69) is 18.7 Å². The standard InChI is InChI=1S/C15H21NO3/c1-4-16(12(2)11-19-3)14-8-6-5-7-13(14)9-10-15(17)18/h5-10,12H,4,11H2,1-3H3,(H,17,18)/b10-9+. The number of nitrogens with zero attached hydrogens (tertiary/aromatic N) is 1. The Kier molecular flexibility index (Phi) is 6.09. The van der Waals surface area contributed by atoms with Crippen molar-refractivity contribution < 1.29 is 14.6 Å². The Bertz CT molecular complexity index is 443. The molecule has 0 amide bonds. The van der Waals surface area contributed by atoms with Crippen molar-refractivity contribution in [2.75, 3.05) is 25.2 Å². The maximum absolute atomic E-state index is 10.6. The molecule has 0 radical (unpaired) electrons. The fourth-order valence-electron chi connectivity index (χ4n) is 2.10. The molecular weight excluding hydrogens is 242 g/mol. The van der Waals surface area contributed by atoms with E-state index in [9.17, 15) is 4.79 Å². The van der Waals surface area contributed by atoms with Crippen LogP contribution in [-0.2, 0) is 9.53 Å². The van der Waals surface area contributed by atoms with Gasteiger partial charge in [0.1, 0.15) is 0 Å². The normalized spacial score (nSPS) is 12.6. The van der Waals surface area contributed by atoms with Gasteiger partial charge in [-0.15, -0.1) is 0 Å². The second-order valence-corrected chi connectivity index (χ2v) is 4.32. The summed E-state index contributed by atoms with van der Waals surface area (Å²) >= 11 is 0. The molecule has 0 aliphatic heterocycles. The van der Waals surface area contributed by atoms with Gasteiger partial charge < -0.3 is 14.7 Å². The molecular formula is C15H21NO3. The lowest BCUT2D eigenvalue weighted by atomic mass is 10.1. The van der Waals surface area contributed by atoms with Gasteiger partial charge in [0.2, 0.25) is 0 Å². The van der Waals surface area contributed by atoms with Gasteiger partial charge in [-0.25, -0.2) is 4.79 Å². The van der Waals surface area contributed by atoms with Crippen molar-refractivity contribution in [2.24, 2.45) is 0 Å². The SMILES string of the molecule is CCN(c1ccccc1/C=C/C(=O)O)C(C)COC. The molecule has 0 fully saturated rings. The van der Waals surface area contributed by atoms with E-state index in [0.29, 0.717) is 6.61 Å². The number of aliphatic carboxylic acids is 1. The lowest BCUT2D eigenvalue weighted by Crippen LogP contribution is -2.36. The third-order valence-corrected chi connectivity index (χ3v) is 2.93. The van der Waals surface area contributed by atoms with Gasteiger partial charge in [-0.05, 0) is 31.6 Å². The molecule has 0 bridgehead atoms. The third-order valence-electron chi connectivity index (χ3n) is 2.93. The summed E-state index contributed by atoms with van der Waals surface area (Å²) < 4.78 is 5.19. The number of methoxy groups -OCH3 is 1. The highest BCUT2D eigenvalue weighted by atomic mass is 16.5. The van der Waals surface area contributed by atoms with Gasteiger partial charge >= 0.3 is 5.97 Å². The Hall–Kier alpha value is -1.81. The Balaban J connectivity index is 3.06. The molecule has 0 aliphatic carbocycles. The van der Waals surface area contributed by atoms with E-state index < -0.39 is 5.97 Å². The minimum absolute atomic E-state index is 0.231. The molecule has 0 aromatic heterocycles. The molecule has 0 spiro atoms. The van der Waals surface area contributed by atoms with Gasteiger partial charge in [0.25, 0.3) is 0 Å². The van der Waals surface area contributed by atoms with Gasteiger partial charge in [0, 0.05) is 31.5 Å². The maximum Gasteiger partial charge on any atom is 0.328 e. The Morgan fingerprint density at radius 3 is 2.74 bits per heavy atom. The molecule has 1 aromatic rings. The summed E-state index contributed by atoms with van der Waals surface area (Å²) in [7, 11) is 1.68. The zero-order chi connectivity index (χ0) is 14.3. The highest BCUT2D eigenvalue weighted by molar-refractivity contribution is 5.87. The summed E-state index contributed by atoms with van der Waals surface area (Å²) in [5.74, 6) is -0.942. The molecule has 0 saturated carbocycles. The first-order valence-electron chi connectivity index (χ1n) is 6.35. The molecule has 1 atom stereocenters. The van der Waals surface area contributed by atoms with E-state index in [1.54, 1.807) is 13.2 Å². The lowest BCUT2D eigenvalue weighted by molar-refractivity contribution is -0.131. The summed E-state index contributed by atoms with van der Waals surface area (Å²) in [5, 5.41) is 8.73. The second kappa shape index (κ2) is 7.59. The van der Waals surface area contributed by atoms with Crippen LogP contribution in [0.3, 0.4) is 0 Å². The van der Waals surface area contributed by atoms with Crippen LogP contribution in [0.4, 0.5) is 5.69 Å². The fourth-order valence-corrected chi connectivity index (χ4v) is 2.10. The van der Waals surface area contributed by atoms with Gasteiger partial charge in [-0.3, -0.25) is 0 Å². The number of anilines is 1. The smallest absolute Gasteiger partial charge is 0.328 e. The number of carboxylic acids is 1. The Morgan fingerprint density at radius 1 is 1.47 bits per heavy atom. The topological polar surface area (TPSA) is 49.8 Å². The first kappa shape index (κ1) is 15.2. The number of hydrogen-bond donors (Lipinski definition) is 1. The van der Waals surface area contributed by atoms with Gasteiger partial charge in [-0.1, -0.05) is 18.2 Å². The van der Waals surface area contributed by atoms with E-state index in [1.165, 1.54) is 0 Å². The molecule has 1 unspecified atom stereocenters. The Labute approximate surface area is 114 Å². The van der Waals surface area contributed by atoms with E-state index in [4.69, 9.17) is 9.84 Å². The maximum atomic E-state index is 10.6. The molecule has 0 aliphatic rings. The molecule has 1 rings (SSSR count). The Morgan fingerprint density at radius 2 is 2.16 bits per heavy atom. The van der Waals surface area contributed by atoms with Gasteiger partial charge in [0.05, 0.1) is 6.61 Å². The average molecular weight is 263 g/mol. The van der Waals surface area contributed by atoms with Crippen LogP contribution in [0.1, 0.15) is 19.4 Å². The monoisotopic (exact) mass is 263 g/mol. The summed E-state index contributed by atoms with van der Waals surface area (Å²) in [4.78, 5) is 12.8. The number of rotatable bonds is 7. The number of benzene rings is 1. The van der Waals surface area contributed by atoms with Gasteiger partial charge in [-0.2, -0.15) is 0 Å². The fraction of sp³-hybridized carbons (Fsp3) is 0.400. The predicted molar refractivity (Wildman–Crippen MR) is 77.5 cm³/mol. The predicted octanol–water partition coefficient (Wildman–Crippen LogP) is 2.65. The molecule has 104 valence electrons. The zero-order valence-corrected chi connectivity index (χ0v) is 11.7. The van der Waals surface area contributed by atoms with Crippen molar-refractivity contribution >= 4 is 17.7 Å². The van der Waals surface area contributed by atoms with E-state index in [0.717, 1.165) is 23.9 Å². The van der Waals surface area contributed by atoms with Crippen molar-refractivity contribution in [3.63, 3.8) is 0 Å². The van der Waals surface area contributed by atoms with Crippen LogP contribution >= 0.6 is 0 Å². The van der Waals surface area contributed by atoms with E-state index >= 15 is 0 Å². The highest BCUT2D eigenvalue weighted by Gasteiger charge is 2.14. The van der Waals surface area contributed by atoms with Crippen LogP contribution in [0.25, 0.3) is 6.08 Å². The first-order valence-corrected chi connectivity index (χ1v) is 6.35. The van der Waals surface area contributed by atoms with Crippen molar-refractivity contribution in [3.8, 4) is 0 Å². The molecule has 0 heterocycles. The van der Waals surface area contributed by atoms with Gasteiger partial charge in [0.15, 0.2) is 0 Å². The van der Waals surface area contributed by atoms with E-state index in [1.807, 2.05) is 24.3 Å². The summed E-state index contributed by atoms with van der Waals surface area (Å²) in [6.07, 6.45) is 2.79. The molecule has 1 N–H and O–H groups in total. The number of hydrogen-bond acceptors (Lipinski definition) is 3. The van der Waals surface area contributed by atoms with Crippen LogP contribution in [0.5, 0.6) is 0 Å². The molecule has 1 aromatic carbocycles. The van der Waals surface area contributed by atoms with Crippen LogP contribution in [0.15, 0.2) is 30.3 Å². The number of para-hydroxylation sites is 1. The average Bonchev–Trinajstić information content (AvgIpc) is 2.38. The summed E-state index contributed by atoms with van der Waals surface area (Å²) in [6, 6.07) is 8.00. The molecule has 19 heavy (non-hydrogen) atoms. The summed E-state index contributed by atoms with van der Waals surface area (Å²) in [6.45, 7) is 5.63. The highest BCUT2D eigenvalue weighted by Crippen LogP contribution is 2.23. The lowest BCUT2D eigenvalue weighted by Gasteiger charge is -2.31. The first-order chi connectivity index (χ1) is 9.10. The molecule has 4 heteroatoms. The molecule has 0 saturated heterocycles. The number of ether oxygens (including phenoxy) is 1. The van der Waals surface area contributed by atoms with E-state index in [-0.39, 0.29) is 6.04 Å². The van der Waals surface area contributed by atoms with Crippen molar-refractivity contribution in [1.29, 1.82) is 0 Å². The number of carboxylic acid groups (broad SMARTS) is 1. The van der Waals surface area contributed by atoms with Crippen molar-refractivity contribution in [2.45, 2.75) is 19.9 Å². The number of carbonyl (C=O) groups is 1. The minimum Gasteiger partial charge on any atom is -0.478 e. The third kappa shape index (κ3) is 4.41. The van der Waals surface area contributed by atoms with Crippen molar-refractivity contribution in [1.82, 2.24) is 0 Å². The largest absolute Gasteiger partial charge is 0.478 e. The molecule has 4 nitrogen and oxygen atoms in total. The van der Waals surface area contributed by atoms with Crippen molar-refractivity contribution in [3.05, 3.63) is 35.9 Å². The second-order valence-electron chi connectivity index (χ2n) is 4.32. The quantitative estimate of drug-likeness (QED) is 0.768. The minimum atomic E-state index is -0.942. The summed E-state index contributed by atoms with van der Waals surface area (Å²) in [5.41, 5.74) is 1.92. The zero-order valence-electron chi connectivity index (χ0n) is 11.7. The number of likely N-dealkylation sites (N-methyl/N-ethyl adjacent to an activating group) is 1. The van der Waals surface area contributed by atoms with Crippen LogP contribution in [0.2, 0.25) is 0 Å².